The smallest absolute Gasteiger partial charge is 0.123 e. The number of aromatic nitrogens is 1. The Morgan fingerprint density at radius 2 is 2.04 bits per heavy atom. The van der Waals surface area contributed by atoms with E-state index in [0.29, 0.717) is 6.04 Å². The van der Waals surface area contributed by atoms with Crippen molar-refractivity contribution >= 4 is 11.3 Å². The molecule has 5 heteroatoms. The third kappa shape index (κ3) is 3.79. The number of rotatable bonds is 4. The third-order valence-electron chi connectivity index (χ3n) is 4.57. The van der Waals surface area contributed by atoms with Crippen LogP contribution in [-0.4, -0.2) is 29.5 Å². The summed E-state index contributed by atoms with van der Waals surface area (Å²) >= 11 is 1.78. The molecule has 4 rings (SSSR count). The SMILES string of the molecule is Fc1ccc(-c2ccc(CN3CCNCC3c3cccnc3)s2)cc1. The number of nitrogens with zero attached hydrogens (tertiary/aromatic N) is 2. The molecule has 1 saturated heterocycles. The number of thiophene rings is 1. The predicted molar refractivity (Wildman–Crippen MR) is 100.0 cm³/mol. The second-order valence-electron chi connectivity index (χ2n) is 6.25. The highest BCUT2D eigenvalue weighted by atomic mass is 32.1. The Labute approximate surface area is 151 Å². The number of halogens is 1. The van der Waals surface area contributed by atoms with E-state index in [2.05, 4.69) is 33.4 Å². The quantitative estimate of drug-likeness (QED) is 0.765. The molecule has 0 saturated carbocycles. The lowest BCUT2D eigenvalue weighted by molar-refractivity contribution is 0.155. The zero-order valence-electron chi connectivity index (χ0n) is 13.9. The molecule has 2 aromatic heterocycles. The molecule has 25 heavy (non-hydrogen) atoms. The molecule has 0 radical (unpaired) electrons. The van der Waals surface area contributed by atoms with Gasteiger partial charge < -0.3 is 5.32 Å². The summed E-state index contributed by atoms with van der Waals surface area (Å²) in [4.78, 5) is 9.29. The van der Waals surface area contributed by atoms with Crippen molar-refractivity contribution in [3.8, 4) is 10.4 Å². The molecule has 1 fully saturated rings. The molecule has 1 aliphatic heterocycles. The van der Waals surface area contributed by atoms with Gasteiger partial charge in [-0.25, -0.2) is 4.39 Å². The van der Waals surface area contributed by atoms with Crippen molar-refractivity contribution < 1.29 is 4.39 Å². The summed E-state index contributed by atoms with van der Waals surface area (Å²) in [5.74, 6) is -0.194. The van der Waals surface area contributed by atoms with Gasteiger partial charge in [0.25, 0.3) is 0 Å². The van der Waals surface area contributed by atoms with Crippen LogP contribution in [0.5, 0.6) is 0 Å². The Hall–Kier alpha value is -2.08. The van der Waals surface area contributed by atoms with Crippen molar-refractivity contribution in [2.24, 2.45) is 0 Å². The summed E-state index contributed by atoms with van der Waals surface area (Å²) < 4.78 is 13.1. The van der Waals surface area contributed by atoms with E-state index in [4.69, 9.17) is 0 Å². The maximum absolute atomic E-state index is 13.1. The van der Waals surface area contributed by atoms with E-state index in [1.165, 1.54) is 27.5 Å². The predicted octanol–water partition coefficient (Wildman–Crippen LogP) is 4.10. The molecule has 0 amide bonds. The molecular weight excluding hydrogens is 333 g/mol. The summed E-state index contributed by atoms with van der Waals surface area (Å²) in [6, 6.07) is 15.5. The minimum atomic E-state index is -0.194. The molecule has 0 aliphatic carbocycles. The summed E-state index contributed by atoms with van der Waals surface area (Å²) in [6.45, 7) is 3.89. The van der Waals surface area contributed by atoms with E-state index in [9.17, 15) is 4.39 Å². The van der Waals surface area contributed by atoms with Gasteiger partial charge in [0, 0.05) is 54.4 Å². The van der Waals surface area contributed by atoms with Gasteiger partial charge in [0.05, 0.1) is 0 Å². The highest BCUT2D eigenvalue weighted by Gasteiger charge is 2.24. The van der Waals surface area contributed by atoms with Crippen LogP contribution >= 0.6 is 11.3 Å². The van der Waals surface area contributed by atoms with E-state index in [-0.39, 0.29) is 5.82 Å². The van der Waals surface area contributed by atoms with Gasteiger partial charge in [-0.2, -0.15) is 0 Å². The van der Waals surface area contributed by atoms with Crippen LogP contribution in [0.15, 0.2) is 60.9 Å². The second kappa shape index (κ2) is 7.44. The van der Waals surface area contributed by atoms with Crippen LogP contribution in [0.1, 0.15) is 16.5 Å². The topological polar surface area (TPSA) is 28.2 Å². The Bertz CT molecular complexity index is 816. The molecule has 128 valence electrons. The molecule has 1 N–H and O–H groups in total. The van der Waals surface area contributed by atoms with Gasteiger partial charge in [0.1, 0.15) is 5.82 Å². The second-order valence-corrected chi connectivity index (χ2v) is 7.42. The third-order valence-corrected chi connectivity index (χ3v) is 5.69. The molecule has 3 heterocycles. The van der Waals surface area contributed by atoms with Gasteiger partial charge in [-0.1, -0.05) is 18.2 Å². The lowest BCUT2D eigenvalue weighted by Crippen LogP contribution is -2.45. The first kappa shape index (κ1) is 16.4. The number of hydrogen-bond donors (Lipinski definition) is 1. The molecule has 1 unspecified atom stereocenters. The summed E-state index contributed by atoms with van der Waals surface area (Å²) in [6.07, 6.45) is 3.78. The van der Waals surface area contributed by atoms with E-state index in [1.807, 2.05) is 30.6 Å². The van der Waals surface area contributed by atoms with E-state index < -0.39 is 0 Å². The van der Waals surface area contributed by atoms with Crippen molar-refractivity contribution in [2.45, 2.75) is 12.6 Å². The molecular formula is C20H20FN3S. The lowest BCUT2D eigenvalue weighted by atomic mass is 10.1. The monoisotopic (exact) mass is 353 g/mol. The number of nitrogens with one attached hydrogen (secondary N) is 1. The highest BCUT2D eigenvalue weighted by Crippen LogP contribution is 2.31. The lowest BCUT2D eigenvalue weighted by Gasteiger charge is -2.36. The summed E-state index contributed by atoms with van der Waals surface area (Å²) in [5, 5.41) is 3.48. The first-order chi connectivity index (χ1) is 12.3. The Morgan fingerprint density at radius 3 is 2.84 bits per heavy atom. The van der Waals surface area contributed by atoms with Crippen molar-refractivity contribution in [2.75, 3.05) is 19.6 Å². The number of benzene rings is 1. The zero-order valence-corrected chi connectivity index (χ0v) is 14.7. The average molecular weight is 353 g/mol. The van der Waals surface area contributed by atoms with Crippen LogP contribution in [-0.2, 0) is 6.54 Å². The minimum Gasteiger partial charge on any atom is -0.314 e. The molecule has 1 atom stereocenters. The van der Waals surface area contributed by atoms with Gasteiger partial charge in [-0.15, -0.1) is 11.3 Å². The fourth-order valence-corrected chi connectivity index (χ4v) is 4.31. The summed E-state index contributed by atoms with van der Waals surface area (Å²) in [7, 11) is 0. The van der Waals surface area contributed by atoms with Crippen LogP contribution in [0.2, 0.25) is 0 Å². The van der Waals surface area contributed by atoms with E-state index in [0.717, 1.165) is 31.7 Å². The van der Waals surface area contributed by atoms with E-state index >= 15 is 0 Å². The normalized spacial score (nSPS) is 18.4. The van der Waals surface area contributed by atoms with Crippen molar-refractivity contribution in [3.63, 3.8) is 0 Å². The molecule has 3 nitrogen and oxygen atoms in total. The van der Waals surface area contributed by atoms with Crippen LogP contribution in [0, 0.1) is 5.82 Å². The van der Waals surface area contributed by atoms with E-state index in [1.54, 1.807) is 11.3 Å². The molecule has 0 spiro atoms. The van der Waals surface area contributed by atoms with Gasteiger partial charge in [-0.05, 0) is 41.5 Å². The fourth-order valence-electron chi connectivity index (χ4n) is 3.27. The minimum absolute atomic E-state index is 0.194. The Kier molecular flexibility index (Phi) is 4.88. The maximum Gasteiger partial charge on any atom is 0.123 e. The average Bonchev–Trinajstić information content (AvgIpc) is 3.12. The zero-order chi connectivity index (χ0) is 17.1. The van der Waals surface area contributed by atoms with Gasteiger partial charge >= 0.3 is 0 Å². The number of pyridine rings is 1. The molecule has 3 aromatic rings. The highest BCUT2D eigenvalue weighted by molar-refractivity contribution is 7.15. The largest absolute Gasteiger partial charge is 0.314 e. The van der Waals surface area contributed by atoms with Crippen LogP contribution < -0.4 is 5.32 Å². The van der Waals surface area contributed by atoms with Crippen molar-refractivity contribution in [3.05, 3.63) is 77.2 Å². The Morgan fingerprint density at radius 1 is 1.16 bits per heavy atom. The number of hydrogen-bond acceptors (Lipinski definition) is 4. The molecule has 1 aliphatic rings. The summed E-state index contributed by atoms with van der Waals surface area (Å²) in [5.41, 5.74) is 2.33. The first-order valence-electron chi connectivity index (χ1n) is 8.49. The van der Waals surface area contributed by atoms with Crippen molar-refractivity contribution in [1.82, 2.24) is 15.2 Å². The van der Waals surface area contributed by atoms with Crippen LogP contribution in [0.3, 0.4) is 0 Å². The van der Waals surface area contributed by atoms with Gasteiger partial charge in [-0.3, -0.25) is 9.88 Å². The van der Waals surface area contributed by atoms with Gasteiger partial charge in [0.15, 0.2) is 0 Å². The van der Waals surface area contributed by atoms with Crippen LogP contribution in [0.4, 0.5) is 4.39 Å². The Balaban J connectivity index is 1.51. The van der Waals surface area contributed by atoms with Crippen molar-refractivity contribution in [1.29, 1.82) is 0 Å². The fraction of sp³-hybridized carbons (Fsp3) is 0.250. The molecule has 1 aromatic carbocycles. The first-order valence-corrected chi connectivity index (χ1v) is 9.30. The maximum atomic E-state index is 13.1. The van der Waals surface area contributed by atoms with Gasteiger partial charge in [0.2, 0.25) is 0 Å². The number of piperazine rings is 1. The van der Waals surface area contributed by atoms with Crippen LogP contribution in [0.25, 0.3) is 10.4 Å². The standard InChI is InChI=1S/C20H20FN3S/c21-17-5-3-15(4-6-17)20-8-7-18(25-20)14-24-11-10-23-13-19(24)16-2-1-9-22-12-16/h1-9,12,19,23H,10-11,13-14H2. The molecule has 0 bridgehead atoms.